The fourth-order valence-corrected chi connectivity index (χ4v) is 1.86. The van der Waals surface area contributed by atoms with Gasteiger partial charge in [-0.3, -0.25) is 4.79 Å². The number of carbonyl (C=O) groups excluding carboxylic acids is 1. The number of nitrogens with two attached hydrogens (primary N) is 1. The van der Waals surface area contributed by atoms with E-state index in [4.69, 9.17) is 17.3 Å². The van der Waals surface area contributed by atoms with Crippen LogP contribution in [0.5, 0.6) is 5.75 Å². The number of aromatic hydroxyl groups is 1. The molecular formula is C10H11ClN2O2. The maximum atomic E-state index is 11.5. The topological polar surface area (TPSA) is 66.6 Å². The number of benzene rings is 1. The van der Waals surface area contributed by atoms with Gasteiger partial charge in [-0.1, -0.05) is 11.6 Å². The molecule has 0 radical (unpaired) electrons. The minimum absolute atomic E-state index is 0.00458. The Bertz CT molecular complexity index is 408. The molecule has 1 atom stereocenters. The van der Waals surface area contributed by atoms with Crippen LogP contribution in [0.25, 0.3) is 0 Å². The molecule has 1 heterocycles. The summed E-state index contributed by atoms with van der Waals surface area (Å²) in [7, 11) is 0. The predicted molar refractivity (Wildman–Crippen MR) is 58.1 cm³/mol. The molecule has 1 amide bonds. The molecule has 0 aromatic heterocycles. The van der Waals surface area contributed by atoms with Gasteiger partial charge in [0, 0.05) is 30.1 Å². The van der Waals surface area contributed by atoms with Crippen molar-refractivity contribution in [1.82, 2.24) is 0 Å². The summed E-state index contributed by atoms with van der Waals surface area (Å²) in [5, 5.41) is 10.1. The summed E-state index contributed by atoms with van der Waals surface area (Å²) in [6.45, 7) is 0.439. The van der Waals surface area contributed by atoms with E-state index in [0.29, 0.717) is 23.7 Å². The molecule has 1 aromatic rings. The van der Waals surface area contributed by atoms with E-state index in [1.54, 1.807) is 12.1 Å². The molecule has 1 unspecified atom stereocenters. The number of hydrogen-bond donors (Lipinski definition) is 2. The molecule has 5 heteroatoms. The number of amides is 1. The van der Waals surface area contributed by atoms with Crippen LogP contribution in [0.4, 0.5) is 5.69 Å². The maximum Gasteiger partial charge on any atom is 0.228 e. The van der Waals surface area contributed by atoms with Crippen LogP contribution in [-0.4, -0.2) is 23.6 Å². The number of hydrogen-bond acceptors (Lipinski definition) is 3. The van der Waals surface area contributed by atoms with Gasteiger partial charge in [0.2, 0.25) is 5.91 Å². The highest BCUT2D eigenvalue weighted by atomic mass is 35.5. The summed E-state index contributed by atoms with van der Waals surface area (Å²) in [6.07, 6.45) is 0.321. The second-order valence-corrected chi connectivity index (χ2v) is 4.04. The molecule has 1 aliphatic heterocycles. The smallest absolute Gasteiger partial charge is 0.228 e. The SMILES string of the molecule is NC1CC(=O)N(c2ccc(Cl)cc2O)C1. The Morgan fingerprint density at radius 3 is 2.80 bits per heavy atom. The Balaban J connectivity index is 2.34. The van der Waals surface area contributed by atoms with Gasteiger partial charge in [0.05, 0.1) is 5.69 Å². The van der Waals surface area contributed by atoms with Gasteiger partial charge in [0.25, 0.3) is 0 Å². The van der Waals surface area contributed by atoms with Crippen LogP contribution in [0.3, 0.4) is 0 Å². The van der Waals surface area contributed by atoms with Crippen LogP contribution < -0.4 is 10.6 Å². The highest BCUT2D eigenvalue weighted by molar-refractivity contribution is 6.30. The fraction of sp³-hybridized carbons (Fsp3) is 0.300. The Hall–Kier alpha value is -1.26. The van der Waals surface area contributed by atoms with Gasteiger partial charge >= 0.3 is 0 Å². The quantitative estimate of drug-likeness (QED) is 0.754. The lowest BCUT2D eigenvalue weighted by Gasteiger charge is -2.17. The first-order chi connectivity index (χ1) is 7.08. The van der Waals surface area contributed by atoms with E-state index in [2.05, 4.69) is 0 Å². The van der Waals surface area contributed by atoms with E-state index in [0.717, 1.165) is 0 Å². The molecule has 0 saturated carbocycles. The van der Waals surface area contributed by atoms with Crippen molar-refractivity contribution in [2.45, 2.75) is 12.5 Å². The van der Waals surface area contributed by atoms with Crippen LogP contribution in [0.2, 0.25) is 5.02 Å². The largest absolute Gasteiger partial charge is 0.506 e. The number of anilines is 1. The van der Waals surface area contributed by atoms with Crippen molar-refractivity contribution < 1.29 is 9.90 Å². The van der Waals surface area contributed by atoms with E-state index in [-0.39, 0.29) is 17.7 Å². The van der Waals surface area contributed by atoms with Crippen molar-refractivity contribution in [3.05, 3.63) is 23.2 Å². The Morgan fingerprint density at radius 2 is 2.27 bits per heavy atom. The monoisotopic (exact) mass is 226 g/mol. The van der Waals surface area contributed by atoms with Crippen molar-refractivity contribution >= 4 is 23.2 Å². The third-order valence-electron chi connectivity index (χ3n) is 2.38. The van der Waals surface area contributed by atoms with Crippen LogP contribution in [0.1, 0.15) is 6.42 Å². The van der Waals surface area contributed by atoms with E-state index in [1.165, 1.54) is 11.0 Å². The summed E-state index contributed by atoms with van der Waals surface area (Å²) in [4.78, 5) is 13.0. The Kier molecular flexibility index (Phi) is 2.54. The summed E-state index contributed by atoms with van der Waals surface area (Å²) in [5.41, 5.74) is 6.13. The lowest BCUT2D eigenvalue weighted by molar-refractivity contribution is -0.117. The van der Waals surface area contributed by atoms with E-state index in [1.807, 2.05) is 0 Å². The normalized spacial score (nSPS) is 21.1. The van der Waals surface area contributed by atoms with Crippen LogP contribution >= 0.6 is 11.6 Å². The molecule has 2 rings (SSSR count). The molecule has 0 bridgehead atoms. The third-order valence-corrected chi connectivity index (χ3v) is 2.62. The number of phenolic OH excluding ortho intramolecular Hbond substituents is 1. The number of nitrogens with zero attached hydrogens (tertiary/aromatic N) is 1. The zero-order valence-corrected chi connectivity index (χ0v) is 8.74. The van der Waals surface area contributed by atoms with Gasteiger partial charge < -0.3 is 15.7 Å². The van der Waals surface area contributed by atoms with E-state index >= 15 is 0 Å². The van der Waals surface area contributed by atoms with Gasteiger partial charge in [-0.2, -0.15) is 0 Å². The fourth-order valence-electron chi connectivity index (χ4n) is 1.69. The lowest BCUT2D eigenvalue weighted by Crippen LogP contribution is -2.27. The highest BCUT2D eigenvalue weighted by Crippen LogP contribution is 2.32. The Labute approximate surface area is 92.2 Å². The molecular weight excluding hydrogens is 216 g/mol. The van der Waals surface area contributed by atoms with Crippen molar-refractivity contribution in [3.8, 4) is 5.75 Å². The van der Waals surface area contributed by atoms with Gasteiger partial charge in [-0.15, -0.1) is 0 Å². The first-order valence-electron chi connectivity index (χ1n) is 4.62. The minimum Gasteiger partial charge on any atom is -0.506 e. The summed E-state index contributed by atoms with van der Waals surface area (Å²) < 4.78 is 0. The van der Waals surface area contributed by atoms with E-state index in [9.17, 15) is 9.90 Å². The van der Waals surface area contributed by atoms with Gasteiger partial charge in [0.15, 0.2) is 0 Å². The van der Waals surface area contributed by atoms with Gasteiger partial charge in [0.1, 0.15) is 5.75 Å². The molecule has 1 aliphatic rings. The average molecular weight is 227 g/mol. The van der Waals surface area contributed by atoms with Gasteiger partial charge in [-0.25, -0.2) is 0 Å². The van der Waals surface area contributed by atoms with Crippen LogP contribution in [0, 0.1) is 0 Å². The molecule has 0 aliphatic carbocycles. The van der Waals surface area contributed by atoms with Crippen molar-refractivity contribution in [1.29, 1.82) is 0 Å². The first-order valence-corrected chi connectivity index (χ1v) is 5.00. The third kappa shape index (κ3) is 1.91. The summed E-state index contributed by atoms with van der Waals surface area (Å²) in [6, 6.07) is 4.50. The maximum absolute atomic E-state index is 11.5. The highest BCUT2D eigenvalue weighted by Gasteiger charge is 2.29. The minimum atomic E-state index is -0.160. The molecule has 1 fully saturated rings. The van der Waals surface area contributed by atoms with Crippen LogP contribution in [-0.2, 0) is 4.79 Å². The molecule has 1 aromatic carbocycles. The van der Waals surface area contributed by atoms with E-state index < -0.39 is 0 Å². The molecule has 4 nitrogen and oxygen atoms in total. The number of halogens is 1. The predicted octanol–water partition coefficient (Wildman–Crippen LogP) is 1.11. The number of carbonyl (C=O) groups is 1. The molecule has 80 valence electrons. The van der Waals surface area contributed by atoms with Crippen molar-refractivity contribution in [3.63, 3.8) is 0 Å². The molecule has 15 heavy (non-hydrogen) atoms. The summed E-state index contributed by atoms with van der Waals surface area (Å²) >= 11 is 5.70. The van der Waals surface area contributed by atoms with Crippen LogP contribution in [0.15, 0.2) is 18.2 Å². The first kappa shape index (κ1) is 10.3. The standard InChI is InChI=1S/C10H11ClN2O2/c11-6-1-2-8(9(14)3-6)13-5-7(12)4-10(13)15/h1-3,7,14H,4-5,12H2. The van der Waals surface area contributed by atoms with Crippen molar-refractivity contribution in [2.24, 2.45) is 5.73 Å². The molecule has 3 N–H and O–H groups in total. The number of rotatable bonds is 1. The van der Waals surface area contributed by atoms with Gasteiger partial charge in [-0.05, 0) is 12.1 Å². The summed E-state index contributed by atoms with van der Waals surface area (Å²) in [5.74, 6) is -0.0647. The zero-order chi connectivity index (χ0) is 11.0. The molecule has 0 spiro atoms. The Morgan fingerprint density at radius 1 is 1.53 bits per heavy atom. The molecule has 1 saturated heterocycles. The lowest BCUT2D eigenvalue weighted by atomic mass is 10.2. The second kappa shape index (κ2) is 3.72. The second-order valence-electron chi connectivity index (χ2n) is 3.60. The zero-order valence-electron chi connectivity index (χ0n) is 7.98. The average Bonchev–Trinajstić information content (AvgIpc) is 2.45. The number of phenols is 1. The van der Waals surface area contributed by atoms with Crippen molar-refractivity contribution in [2.75, 3.05) is 11.4 Å².